The third-order valence-corrected chi connectivity index (χ3v) is 10.2. The van der Waals surface area contributed by atoms with Crippen LogP contribution in [0.5, 0.6) is 11.5 Å². The number of hydrogen-bond donors (Lipinski definition) is 3. The number of benzene rings is 2. The Balaban J connectivity index is 0.000000241. The van der Waals surface area contributed by atoms with Gasteiger partial charge in [-0.1, -0.05) is 117 Å². The lowest BCUT2D eigenvalue weighted by molar-refractivity contribution is -0.123. The number of carbonyl (C=O) groups excluding carboxylic acids is 2. The van der Waals surface area contributed by atoms with Crippen LogP contribution in [-0.2, 0) is 26.8 Å². The largest absolute Gasteiger partial charge is 0.507 e. The number of hydrogen-bond acceptors (Lipinski definition) is 7. The van der Waals surface area contributed by atoms with E-state index < -0.39 is 0 Å². The van der Waals surface area contributed by atoms with Crippen molar-refractivity contribution in [2.45, 2.75) is 104 Å². The second kappa shape index (κ2) is 13.9. The van der Waals surface area contributed by atoms with Crippen molar-refractivity contribution in [2.75, 3.05) is 12.9 Å². The fraction of sp³-hybridized carbons (Fsp3) is 0.514. The van der Waals surface area contributed by atoms with Crippen LogP contribution in [0, 0.1) is 0 Å². The first kappa shape index (κ1) is 36.0. The van der Waals surface area contributed by atoms with Crippen LogP contribution in [0.4, 0.5) is 0 Å². The average Bonchev–Trinajstić information content (AvgIpc) is 3.38. The molecule has 2 amide bonds. The highest BCUT2D eigenvalue weighted by molar-refractivity contribution is 8.24. The van der Waals surface area contributed by atoms with E-state index in [2.05, 4.69) is 74.6 Å². The summed E-state index contributed by atoms with van der Waals surface area (Å²) in [5.41, 5.74) is 5.45. The first-order chi connectivity index (χ1) is 20.2. The van der Waals surface area contributed by atoms with Crippen LogP contribution in [0.1, 0.15) is 114 Å². The van der Waals surface area contributed by atoms with Crippen molar-refractivity contribution in [3.8, 4) is 11.5 Å². The predicted octanol–water partition coefficient (Wildman–Crippen LogP) is 8.19. The highest BCUT2D eigenvalue weighted by Gasteiger charge is 2.32. The second-order valence-electron chi connectivity index (χ2n) is 14.3. The molecule has 2 aliphatic rings. The number of thiocarbonyl (C=S) groups is 1. The van der Waals surface area contributed by atoms with Gasteiger partial charge in [-0.3, -0.25) is 9.59 Å². The molecule has 6 nitrogen and oxygen atoms in total. The molecule has 2 saturated heterocycles. The third-order valence-electron chi connectivity index (χ3n) is 7.68. The standard InChI is InChI=1S/C18H25NO2S2.C17H23NO2S/c1-17(2,3)11-7-10(8-12(14(11)20)18(4,5)6)9-13-15(21)19-16(22)23-13;1-10(2)13-6-12(7-14(11(3)4)16(13)19)8-15-17(20)18(5)9-21-15/h7-8,13,20H,9H2,1-6H3,(H,19,21,22);6-8,10-11,19H,9H2,1-5H3. The van der Waals surface area contributed by atoms with Crippen LogP contribution >= 0.6 is 35.7 Å². The SMILES string of the molecule is CC(C)(C)c1cc(CC2SC(=S)NC2=O)cc(C(C)(C)C)c1O.CC(C)c1cc(C=C2SCN(C)C2=O)cc(C(C)C)c1O. The third kappa shape index (κ3) is 8.61. The number of thioether (sulfide) groups is 2. The number of carbonyl (C=O) groups is 2. The van der Waals surface area contributed by atoms with Crippen molar-refractivity contribution in [3.05, 3.63) is 62.6 Å². The second-order valence-corrected chi connectivity index (χ2v) is 17.1. The Labute approximate surface area is 277 Å². The maximum absolute atomic E-state index is 12.0. The zero-order valence-electron chi connectivity index (χ0n) is 27.9. The zero-order valence-corrected chi connectivity index (χ0v) is 30.4. The van der Waals surface area contributed by atoms with Gasteiger partial charge in [-0.05, 0) is 80.7 Å². The van der Waals surface area contributed by atoms with Gasteiger partial charge in [-0.2, -0.15) is 0 Å². The Morgan fingerprint density at radius 2 is 1.43 bits per heavy atom. The molecule has 240 valence electrons. The van der Waals surface area contributed by atoms with Crippen molar-refractivity contribution in [1.82, 2.24) is 10.2 Å². The van der Waals surface area contributed by atoms with E-state index in [0.717, 1.165) is 38.3 Å². The predicted molar refractivity (Wildman–Crippen MR) is 191 cm³/mol. The molecule has 44 heavy (non-hydrogen) atoms. The van der Waals surface area contributed by atoms with Crippen molar-refractivity contribution >= 4 is 58.0 Å². The summed E-state index contributed by atoms with van der Waals surface area (Å²) < 4.78 is 0.547. The smallest absolute Gasteiger partial charge is 0.260 e. The van der Waals surface area contributed by atoms with Gasteiger partial charge < -0.3 is 20.4 Å². The monoisotopic (exact) mass is 656 g/mol. The summed E-state index contributed by atoms with van der Waals surface area (Å²) in [6, 6.07) is 8.04. The highest BCUT2D eigenvalue weighted by Crippen LogP contribution is 2.41. The highest BCUT2D eigenvalue weighted by atomic mass is 32.2. The number of nitrogens with one attached hydrogen (secondary N) is 1. The van der Waals surface area contributed by atoms with Gasteiger partial charge in [0.25, 0.3) is 5.91 Å². The van der Waals surface area contributed by atoms with Crippen LogP contribution in [0.2, 0.25) is 0 Å². The molecule has 0 spiro atoms. The summed E-state index contributed by atoms with van der Waals surface area (Å²) in [5.74, 6) is 2.01. The van der Waals surface area contributed by atoms with Crippen LogP contribution < -0.4 is 5.32 Å². The van der Waals surface area contributed by atoms with Gasteiger partial charge in [-0.25, -0.2) is 0 Å². The molecular weight excluding hydrogens is 609 g/mol. The molecule has 0 aromatic heterocycles. The minimum Gasteiger partial charge on any atom is -0.507 e. The van der Waals surface area contributed by atoms with Crippen molar-refractivity contribution in [2.24, 2.45) is 0 Å². The number of nitrogens with zero attached hydrogens (tertiary/aromatic N) is 1. The van der Waals surface area contributed by atoms with Gasteiger partial charge in [0.1, 0.15) is 15.8 Å². The Kier molecular flexibility index (Phi) is 11.3. The lowest BCUT2D eigenvalue weighted by Crippen LogP contribution is -2.26. The quantitative estimate of drug-likeness (QED) is 0.221. The van der Waals surface area contributed by atoms with Crippen LogP contribution in [-0.4, -0.2) is 49.4 Å². The molecule has 0 saturated carbocycles. The molecule has 2 heterocycles. The van der Waals surface area contributed by atoms with E-state index in [1.54, 1.807) is 16.7 Å². The summed E-state index contributed by atoms with van der Waals surface area (Å²) in [4.78, 5) is 26.4. The first-order valence-electron chi connectivity index (χ1n) is 15.1. The molecule has 1 atom stereocenters. The molecule has 2 aromatic rings. The molecule has 2 fully saturated rings. The molecule has 0 bridgehead atoms. The van der Waals surface area contributed by atoms with E-state index >= 15 is 0 Å². The molecule has 2 aromatic carbocycles. The zero-order chi connectivity index (χ0) is 33.3. The number of phenols is 2. The topological polar surface area (TPSA) is 89.9 Å². The Bertz CT molecular complexity index is 1400. The summed E-state index contributed by atoms with van der Waals surface area (Å²) in [6.07, 6.45) is 2.55. The summed E-state index contributed by atoms with van der Waals surface area (Å²) in [7, 11) is 1.81. The molecule has 4 rings (SSSR count). The molecular formula is C35H48N2O4S3. The lowest BCUT2D eigenvalue weighted by atomic mass is 9.78. The normalized spacial score (nSPS) is 18.4. The van der Waals surface area contributed by atoms with Crippen LogP contribution in [0.15, 0.2) is 29.2 Å². The Morgan fingerprint density at radius 1 is 0.932 bits per heavy atom. The summed E-state index contributed by atoms with van der Waals surface area (Å²) >= 11 is 8.04. The van der Waals surface area contributed by atoms with E-state index in [9.17, 15) is 19.8 Å². The number of likely N-dealkylation sites (N-methyl/N-ethyl adjacent to an activating group) is 1. The minimum atomic E-state index is -0.187. The Hall–Kier alpha value is -2.49. The van der Waals surface area contributed by atoms with Gasteiger partial charge in [0.2, 0.25) is 5.91 Å². The van der Waals surface area contributed by atoms with Crippen molar-refractivity contribution in [3.63, 3.8) is 0 Å². The molecule has 0 radical (unpaired) electrons. The van der Waals surface area contributed by atoms with E-state index in [1.165, 1.54) is 11.8 Å². The van der Waals surface area contributed by atoms with Gasteiger partial charge in [0.15, 0.2) is 0 Å². The van der Waals surface area contributed by atoms with Gasteiger partial charge in [0.05, 0.1) is 16.0 Å². The fourth-order valence-electron chi connectivity index (χ4n) is 5.09. The minimum absolute atomic E-state index is 0.0253. The number of amides is 2. The van der Waals surface area contributed by atoms with Gasteiger partial charge >= 0.3 is 0 Å². The van der Waals surface area contributed by atoms with Gasteiger partial charge in [0, 0.05) is 7.05 Å². The van der Waals surface area contributed by atoms with Crippen molar-refractivity contribution in [1.29, 1.82) is 0 Å². The molecule has 9 heteroatoms. The fourth-order valence-corrected chi connectivity index (χ4v) is 7.35. The molecule has 1 unspecified atom stereocenters. The Morgan fingerprint density at radius 3 is 1.80 bits per heavy atom. The maximum atomic E-state index is 12.0. The average molecular weight is 657 g/mol. The lowest BCUT2D eigenvalue weighted by Gasteiger charge is -2.28. The number of aromatic hydroxyl groups is 2. The number of rotatable bonds is 5. The van der Waals surface area contributed by atoms with E-state index in [-0.39, 0.29) is 39.7 Å². The van der Waals surface area contributed by atoms with Gasteiger partial charge in [-0.15, -0.1) is 0 Å². The molecule has 0 aliphatic carbocycles. The van der Waals surface area contributed by atoms with E-state index in [4.69, 9.17) is 12.2 Å². The number of phenolic OH excluding ortho intramolecular Hbond substituents is 2. The summed E-state index contributed by atoms with van der Waals surface area (Å²) in [6.45, 7) is 20.8. The maximum Gasteiger partial charge on any atom is 0.260 e. The van der Waals surface area contributed by atoms with Crippen LogP contribution in [0.25, 0.3) is 6.08 Å². The first-order valence-corrected chi connectivity index (χ1v) is 17.3. The summed E-state index contributed by atoms with van der Waals surface area (Å²) in [5, 5.41) is 23.6. The molecule has 3 N–H and O–H groups in total. The van der Waals surface area contributed by atoms with E-state index in [1.807, 2.05) is 37.4 Å². The van der Waals surface area contributed by atoms with Crippen LogP contribution in [0.3, 0.4) is 0 Å². The molecule has 2 aliphatic heterocycles. The van der Waals surface area contributed by atoms with Crippen molar-refractivity contribution < 1.29 is 19.8 Å². The van der Waals surface area contributed by atoms with E-state index in [0.29, 0.717) is 28.1 Å².